The van der Waals surface area contributed by atoms with Gasteiger partial charge in [0.1, 0.15) is 11.5 Å². The standard InChI is InChI=1S/C18H19BrO4/c1-20-12-22-15-8-9-18(23-13-21-2)16(10-15)17(11-19)14-6-4-3-5-7-14/h3-11H,12-13H2,1-2H3/b17-11+. The maximum atomic E-state index is 5.68. The number of ether oxygens (including phenoxy) is 4. The lowest BCUT2D eigenvalue weighted by atomic mass is 9.98. The summed E-state index contributed by atoms with van der Waals surface area (Å²) in [5, 5.41) is 0. The lowest BCUT2D eigenvalue weighted by Gasteiger charge is -2.15. The predicted molar refractivity (Wildman–Crippen MR) is 93.9 cm³/mol. The molecule has 0 fully saturated rings. The van der Waals surface area contributed by atoms with E-state index in [9.17, 15) is 0 Å². The molecule has 0 N–H and O–H groups in total. The molecule has 0 aliphatic carbocycles. The van der Waals surface area contributed by atoms with Crippen molar-refractivity contribution < 1.29 is 18.9 Å². The van der Waals surface area contributed by atoms with Crippen LogP contribution in [0.3, 0.4) is 0 Å². The fourth-order valence-corrected chi connectivity index (χ4v) is 2.59. The summed E-state index contributed by atoms with van der Waals surface area (Å²) in [7, 11) is 3.18. The quantitative estimate of drug-likeness (QED) is 0.636. The van der Waals surface area contributed by atoms with E-state index in [0.29, 0.717) is 11.5 Å². The highest BCUT2D eigenvalue weighted by Gasteiger charge is 2.13. The van der Waals surface area contributed by atoms with Gasteiger partial charge in [0.15, 0.2) is 13.6 Å². The molecular formula is C18H19BrO4. The molecular weight excluding hydrogens is 360 g/mol. The highest BCUT2D eigenvalue weighted by atomic mass is 79.9. The van der Waals surface area contributed by atoms with Gasteiger partial charge in [-0.3, -0.25) is 0 Å². The van der Waals surface area contributed by atoms with Gasteiger partial charge in [-0.25, -0.2) is 0 Å². The molecule has 0 unspecified atom stereocenters. The first-order valence-electron chi connectivity index (χ1n) is 7.04. The third-order valence-electron chi connectivity index (χ3n) is 3.11. The monoisotopic (exact) mass is 378 g/mol. The number of hydrogen-bond acceptors (Lipinski definition) is 4. The molecule has 5 heteroatoms. The van der Waals surface area contributed by atoms with Crippen molar-refractivity contribution in [3.8, 4) is 11.5 Å². The second-order valence-electron chi connectivity index (χ2n) is 4.65. The Morgan fingerprint density at radius 3 is 2.30 bits per heavy atom. The maximum Gasteiger partial charge on any atom is 0.188 e. The zero-order valence-corrected chi connectivity index (χ0v) is 14.7. The number of methoxy groups -OCH3 is 2. The Bertz CT molecular complexity index is 641. The van der Waals surface area contributed by atoms with Crippen LogP contribution in [0.5, 0.6) is 11.5 Å². The summed E-state index contributed by atoms with van der Waals surface area (Å²) < 4.78 is 21.2. The molecule has 2 aromatic rings. The highest BCUT2D eigenvalue weighted by molar-refractivity contribution is 9.11. The van der Waals surface area contributed by atoms with E-state index in [1.165, 1.54) is 0 Å². The van der Waals surface area contributed by atoms with Crippen LogP contribution in [0.25, 0.3) is 5.57 Å². The van der Waals surface area contributed by atoms with E-state index in [2.05, 4.69) is 15.9 Å². The van der Waals surface area contributed by atoms with Gasteiger partial charge in [0, 0.05) is 19.8 Å². The number of hydrogen-bond donors (Lipinski definition) is 0. The van der Waals surface area contributed by atoms with Gasteiger partial charge in [-0.15, -0.1) is 0 Å². The number of rotatable bonds is 8. The molecule has 122 valence electrons. The Morgan fingerprint density at radius 1 is 0.957 bits per heavy atom. The molecule has 0 aromatic heterocycles. The summed E-state index contributed by atoms with van der Waals surface area (Å²) in [6, 6.07) is 15.7. The molecule has 4 nitrogen and oxygen atoms in total. The molecule has 0 amide bonds. The SMILES string of the molecule is COCOc1ccc(OCOC)c(/C(=C/Br)c2ccccc2)c1. The molecule has 0 heterocycles. The van der Waals surface area contributed by atoms with Crippen LogP contribution in [-0.2, 0) is 9.47 Å². The largest absolute Gasteiger partial charge is 0.468 e. The zero-order valence-electron chi connectivity index (χ0n) is 13.1. The van der Waals surface area contributed by atoms with E-state index in [1.807, 2.05) is 53.5 Å². The third-order valence-corrected chi connectivity index (χ3v) is 3.57. The molecule has 0 aliphatic heterocycles. The summed E-state index contributed by atoms with van der Waals surface area (Å²) in [6.07, 6.45) is 0. The molecule has 0 bridgehead atoms. The average Bonchev–Trinajstić information content (AvgIpc) is 2.60. The Labute approximate surface area is 144 Å². The van der Waals surface area contributed by atoms with Crippen LogP contribution in [0.4, 0.5) is 0 Å². The zero-order chi connectivity index (χ0) is 16.5. The topological polar surface area (TPSA) is 36.9 Å². The average molecular weight is 379 g/mol. The second kappa shape index (κ2) is 9.35. The Hall–Kier alpha value is -1.82. The first-order chi connectivity index (χ1) is 11.3. The van der Waals surface area contributed by atoms with E-state index < -0.39 is 0 Å². The summed E-state index contributed by atoms with van der Waals surface area (Å²) in [4.78, 5) is 1.87. The molecule has 2 aromatic carbocycles. The highest BCUT2D eigenvalue weighted by Crippen LogP contribution is 2.35. The number of benzene rings is 2. The van der Waals surface area contributed by atoms with Crippen LogP contribution >= 0.6 is 15.9 Å². The minimum Gasteiger partial charge on any atom is -0.468 e. The van der Waals surface area contributed by atoms with Crippen LogP contribution < -0.4 is 9.47 Å². The predicted octanol–water partition coefficient (Wildman–Crippen LogP) is 4.44. The minimum atomic E-state index is 0.176. The summed E-state index contributed by atoms with van der Waals surface area (Å²) in [5.74, 6) is 1.42. The van der Waals surface area contributed by atoms with Crippen LogP contribution in [0.2, 0.25) is 0 Å². The summed E-state index contributed by atoms with van der Waals surface area (Å²) in [5.41, 5.74) is 2.95. The normalized spacial score (nSPS) is 11.3. The van der Waals surface area contributed by atoms with Gasteiger partial charge in [-0.05, 0) is 34.3 Å². The Kier molecular flexibility index (Phi) is 7.13. The van der Waals surface area contributed by atoms with E-state index in [0.717, 1.165) is 16.7 Å². The van der Waals surface area contributed by atoms with Gasteiger partial charge >= 0.3 is 0 Å². The number of halogens is 1. The minimum absolute atomic E-state index is 0.176. The van der Waals surface area contributed by atoms with Crippen LogP contribution in [0.15, 0.2) is 53.5 Å². The van der Waals surface area contributed by atoms with Crippen molar-refractivity contribution in [1.82, 2.24) is 0 Å². The van der Waals surface area contributed by atoms with E-state index in [4.69, 9.17) is 18.9 Å². The fourth-order valence-electron chi connectivity index (χ4n) is 2.08. The van der Waals surface area contributed by atoms with Crippen LogP contribution in [0.1, 0.15) is 11.1 Å². The van der Waals surface area contributed by atoms with Crippen molar-refractivity contribution in [1.29, 1.82) is 0 Å². The molecule has 0 atom stereocenters. The fraction of sp³-hybridized carbons (Fsp3) is 0.222. The second-order valence-corrected chi connectivity index (χ2v) is 5.11. The molecule has 0 spiro atoms. The van der Waals surface area contributed by atoms with Crippen molar-refractivity contribution in [3.05, 3.63) is 64.6 Å². The Morgan fingerprint density at radius 2 is 1.65 bits per heavy atom. The Balaban J connectivity index is 2.42. The van der Waals surface area contributed by atoms with Gasteiger partial charge < -0.3 is 18.9 Å². The third kappa shape index (κ3) is 4.82. The van der Waals surface area contributed by atoms with Gasteiger partial charge in [0.25, 0.3) is 0 Å². The molecule has 0 saturated heterocycles. The molecule has 0 saturated carbocycles. The first-order valence-corrected chi connectivity index (χ1v) is 7.95. The van der Waals surface area contributed by atoms with Gasteiger partial charge in [-0.1, -0.05) is 46.3 Å². The lowest BCUT2D eigenvalue weighted by Crippen LogP contribution is -2.04. The van der Waals surface area contributed by atoms with Crippen molar-refractivity contribution >= 4 is 21.5 Å². The van der Waals surface area contributed by atoms with Gasteiger partial charge in [0.2, 0.25) is 0 Å². The molecule has 2 rings (SSSR count). The van der Waals surface area contributed by atoms with E-state index in [-0.39, 0.29) is 13.6 Å². The van der Waals surface area contributed by atoms with Crippen molar-refractivity contribution in [3.63, 3.8) is 0 Å². The smallest absolute Gasteiger partial charge is 0.188 e. The molecule has 0 radical (unpaired) electrons. The molecule has 0 aliphatic rings. The lowest BCUT2D eigenvalue weighted by molar-refractivity contribution is 0.0482. The first kappa shape index (κ1) is 17.5. The summed E-state index contributed by atoms with van der Waals surface area (Å²) >= 11 is 3.45. The van der Waals surface area contributed by atoms with Crippen molar-refractivity contribution in [2.45, 2.75) is 0 Å². The van der Waals surface area contributed by atoms with Crippen molar-refractivity contribution in [2.75, 3.05) is 27.8 Å². The van der Waals surface area contributed by atoms with Gasteiger partial charge in [0.05, 0.1) is 0 Å². The van der Waals surface area contributed by atoms with Crippen LogP contribution in [0, 0.1) is 0 Å². The van der Waals surface area contributed by atoms with Crippen LogP contribution in [-0.4, -0.2) is 27.8 Å². The van der Waals surface area contributed by atoms with Crippen molar-refractivity contribution in [2.24, 2.45) is 0 Å². The summed E-state index contributed by atoms with van der Waals surface area (Å²) in [6.45, 7) is 0.367. The van der Waals surface area contributed by atoms with Gasteiger partial charge in [-0.2, -0.15) is 0 Å². The maximum absolute atomic E-state index is 5.68. The van der Waals surface area contributed by atoms with E-state index >= 15 is 0 Å². The van der Waals surface area contributed by atoms with E-state index in [1.54, 1.807) is 14.2 Å². The molecule has 23 heavy (non-hydrogen) atoms.